The predicted molar refractivity (Wildman–Crippen MR) is 127 cm³/mol. The molecule has 0 amide bonds. The zero-order chi connectivity index (χ0) is 24.1. The monoisotopic (exact) mass is 453 g/mol. The van der Waals surface area contributed by atoms with E-state index in [0.717, 1.165) is 5.56 Å². The van der Waals surface area contributed by atoms with Crippen LogP contribution in [-0.2, 0) is 11.2 Å². The molecule has 1 heterocycles. The Morgan fingerprint density at radius 2 is 1.67 bits per heavy atom. The van der Waals surface area contributed by atoms with E-state index in [-0.39, 0.29) is 25.3 Å². The van der Waals surface area contributed by atoms with Gasteiger partial charge in [0.25, 0.3) is 0 Å². The quantitative estimate of drug-likeness (QED) is 0.450. The number of rotatable bonds is 10. The van der Waals surface area contributed by atoms with Crippen molar-refractivity contribution < 1.29 is 29.6 Å². The van der Waals surface area contributed by atoms with Crippen LogP contribution in [0.15, 0.2) is 53.1 Å². The molecule has 0 radical (unpaired) electrons. The molecule has 0 fully saturated rings. The first-order valence-electron chi connectivity index (χ1n) is 10.6. The normalized spacial score (nSPS) is 11.8. The summed E-state index contributed by atoms with van der Waals surface area (Å²) in [6.07, 6.45) is 1.61. The molecule has 0 saturated carbocycles. The van der Waals surface area contributed by atoms with Crippen LogP contribution in [0.2, 0.25) is 0 Å². The van der Waals surface area contributed by atoms with Crippen LogP contribution in [0, 0.1) is 5.92 Å². The molecule has 0 saturated heterocycles. The summed E-state index contributed by atoms with van der Waals surface area (Å²) in [6, 6.07) is 11.5. The molecule has 1 unspecified atom stereocenters. The Bertz CT molecular complexity index is 1120. The molecule has 0 bridgehead atoms. The van der Waals surface area contributed by atoms with Crippen LogP contribution in [0.5, 0.6) is 17.2 Å². The van der Waals surface area contributed by atoms with Crippen molar-refractivity contribution in [1.82, 2.24) is 0 Å². The third-order valence-electron chi connectivity index (χ3n) is 5.54. The summed E-state index contributed by atoms with van der Waals surface area (Å²) in [6.45, 7) is 3.79. The minimum atomic E-state index is -0.612. The van der Waals surface area contributed by atoms with Crippen molar-refractivity contribution >= 4 is 11.6 Å². The zero-order valence-electron chi connectivity index (χ0n) is 19.5. The van der Waals surface area contributed by atoms with Gasteiger partial charge in [0, 0.05) is 24.5 Å². The van der Waals surface area contributed by atoms with Gasteiger partial charge in [-0.3, -0.25) is 9.59 Å². The summed E-state index contributed by atoms with van der Waals surface area (Å²) in [5, 5.41) is 0. The van der Waals surface area contributed by atoms with Crippen molar-refractivity contribution in [3.8, 4) is 28.6 Å². The van der Waals surface area contributed by atoms with Gasteiger partial charge in [0.2, 0.25) is 5.75 Å². The highest BCUT2D eigenvalue weighted by Gasteiger charge is 2.24. The fourth-order valence-electron chi connectivity index (χ4n) is 3.58. The molecule has 1 aromatic heterocycles. The van der Waals surface area contributed by atoms with Crippen LogP contribution in [0.3, 0.4) is 0 Å². The number of carbonyl (C=O) groups is 2. The first-order valence-corrected chi connectivity index (χ1v) is 10.6. The van der Waals surface area contributed by atoms with E-state index in [4.69, 9.17) is 24.4 Å². The largest absolute Gasteiger partial charge is 0.493 e. The number of hydrogen-bond acceptors (Lipinski definition) is 7. The molecule has 176 valence electrons. The molecule has 3 rings (SSSR count). The van der Waals surface area contributed by atoms with Crippen LogP contribution < -0.4 is 19.9 Å². The molecule has 0 spiro atoms. The Balaban J connectivity index is 0.00000408. The first-order chi connectivity index (χ1) is 15.8. The zero-order valence-corrected chi connectivity index (χ0v) is 19.5. The summed E-state index contributed by atoms with van der Waals surface area (Å²) in [4.78, 5) is 26.4. The minimum Gasteiger partial charge on any atom is -0.493 e. The highest BCUT2D eigenvalue weighted by Crippen LogP contribution is 2.39. The van der Waals surface area contributed by atoms with Crippen molar-refractivity contribution in [2.24, 2.45) is 11.7 Å². The Morgan fingerprint density at radius 1 is 1.00 bits per heavy atom. The van der Waals surface area contributed by atoms with Crippen molar-refractivity contribution in [3.63, 3.8) is 0 Å². The molecular weight excluding hydrogens is 422 g/mol. The molecule has 2 aromatic carbocycles. The highest BCUT2D eigenvalue weighted by molar-refractivity contribution is 6.11. The lowest BCUT2D eigenvalue weighted by atomic mass is 9.90. The number of nitrogens with two attached hydrogens (primary N) is 1. The third kappa shape index (κ3) is 5.09. The number of ether oxygens (including phenoxy) is 3. The summed E-state index contributed by atoms with van der Waals surface area (Å²) >= 11 is 0. The SMILES string of the molecule is COc1cc(C(=O)c2cc(-c3ccco3)ccc2CC(=O)C(N)C(C)C)cc(OC)c1OC.[HH]. The van der Waals surface area contributed by atoms with Crippen molar-refractivity contribution in [3.05, 3.63) is 65.4 Å². The second-order valence-corrected chi connectivity index (χ2v) is 8.01. The van der Waals surface area contributed by atoms with Gasteiger partial charge in [-0.2, -0.15) is 0 Å². The van der Waals surface area contributed by atoms with Crippen molar-refractivity contribution in [1.29, 1.82) is 0 Å². The van der Waals surface area contributed by atoms with E-state index in [1.54, 1.807) is 36.6 Å². The smallest absolute Gasteiger partial charge is 0.203 e. The first kappa shape index (κ1) is 24.1. The van der Waals surface area contributed by atoms with Gasteiger partial charge >= 0.3 is 0 Å². The summed E-state index contributed by atoms with van der Waals surface area (Å²) < 4.78 is 21.7. The fourth-order valence-corrected chi connectivity index (χ4v) is 3.58. The number of methoxy groups -OCH3 is 3. The van der Waals surface area contributed by atoms with Crippen LogP contribution in [0.1, 0.15) is 36.8 Å². The predicted octanol–water partition coefficient (Wildman–Crippen LogP) is 4.54. The van der Waals surface area contributed by atoms with Gasteiger partial charge < -0.3 is 24.4 Å². The molecule has 7 heteroatoms. The number of hydrogen-bond donors (Lipinski definition) is 1. The maximum Gasteiger partial charge on any atom is 0.203 e. The van der Waals surface area contributed by atoms with E-state index in [2.05, 4.69) is 0 Å². The van der Waals surface area contributed by atoms with Crippen LogP contribution in [-0.4, -0.2) is 38.9 Å². The molecular formula is C26H31NO6. The second kappa shape index (κ2) is 10.4. The lowest BCUT2D eigenvalue weighted by molar-refractivity contribution is -0.120. The summed E-state index contributed by atoms with van der Waals surface area (Å²) in [5.41, 5.74) is 8.09. The summed E-state index contributed by atoms with van der Waals surface area (Å²) in [7, 11) is 4.47. The average molecular weight is 454 g/mol. The van der Waals surface area contributed by atoms with E-state index >= 15 is 0 Å². The van der Waals surface area contributed by atoms with Crippen LogP contribution in [0.25, 0.3) is 11.3 Å². The maximum atomic E-state index is 13.7. The number of benzene rings is 2. The highest BCUT2D eigenvalue weighted by atomic mass is 16.5. The molecule has 33 heavy (non-hydrogen) atoms. The van der Waals surface area contributed by atoms with Gasteiger partial charge in [-0.25, -0.2) is 0 Å². The fraction of sp³-hybridized carbons (Fsp3) is 0.308. The lowest BCUT2D eigenvalue weighted by Crippen LogP contribution is -2.36. The lowest BCUT2D eigenvalue weighted by Gasteiger charge is -2.17. The van der Waals surface area contributed by atoms with Gasteiger partial charge in [0.05, 0.1) is 33.6 Å². The maximum absolute atomic E-state index is 13.7. The van der Waals surface area contributed by atoms with Gasteiger partial charge in [-0.1, -0.05) is 26.0 Å². The van der Waals surface area contributed by atoms with Gasteiger partial charge in [-0.15, -0.1) is 0 Å². The molecule has 0 aliphatic rings. The van der Waals surface area contributed by atoms with E-state index in [1.165, 1.54) is 21.3 Å². The molecule has 0 aliphatic carbocycles. The average Bonchev–Trinajstić information content (AvgIpc) is 3.37. The Kier molecular flexibility index (Phi) is 7.55. The molecule has 2 N–H and O–H groups in total. The topological polar surface area (TPSA) is 101 Å². The Hall–Kier alpha value is -3.58. The van der Waals surface area contributed by atoms with Gasteiger partial charge in [0.1, 0.15) is 5.76 Å². The second-order valence-electron chi connectivity index (χ2n) is 8.01. The van der Waals surface area contributed by atoms with Crippen molar-refractivity contribution in [2.45, 2.75) is 26.3 Å². The van der Waals surface area contributed by atoms with Crippen LogP contribution >= 0.6 is 0 Å². The minimum absolute atomic E-state index is 0. The Labute approximate surface area is 194 Å². The van der Waals surface area contributed by atoms with E-state index in [0.29, 0.717) is 39.7 Å². The number of carbonyl (C=O) groups excluding carboxylic acids is 2. The van der Waals surface area contributed by atoms with Gasteiger partial charge in [0.15, 0.2) is 23.1 Å². The molecule has 1 atom stereocenters. The third-order valence-corrected chi connectivity index (χ3v) is 5.54. The molecule has 3 aromatic rings. The van der Waals surface area contributed by atoms with E-state index < -0.39 is 6.04 Å². The summed E-state index contributed by atoms with van der Waals surface area (Å²) in [5.74, 6) is 1.31. The van der Waals surface area contributed by atoms with Gasteiger partial charge in [-0.05, 0) is 41.8 Å². The van der Waals surface area contributed by atoms with Crippen LogP contribution in [0.4, 0.5) is 0 Å². The standard InChI is InChI=1S/C26H29NO6.H2/c1-15(2)24(27)20(28)12-16-8-9-17(21-7-6-10-33-21)11-19(16)25(29)18-13-22(30-3)26(32-5)23(14-18)31-4;/h6-11,13-15,24H,12,27H2,1-5H3;1H. The molecule has 0 aliphatic heterocycles. The van der Waals surface area contributed by atoms with E-state index in [1.807, 2.05) is 26.0 Å². The Morgan fingerprint density at radius 3 is 2.18 bits per heavy atom. The number of Topliss-reactive ketones (excluding diaryl/α,β-unsaturated/α-hetero) is 1. The number of ketones is 2. The van der Waals surface area contributed by atoms with E-state index in [9.17, 15) is 9.59 Å². The molecule has 7 nitrogen and oxygen atoms in total. The van der Waals surface area contributed by atoms with Crippen molar-refractivity contribution in [2.75, 3.05) is 21.3 Å². The number of furan rings is 1.